The minimum atomic E-state index is -0.178. The number of rotatable bonds is 4. The summed E-state index contributed by atoms with van der Waals surface area (Å²) in [5, 5.41) is 4.21. The summed E-state index contributed by atoms with van der Waals surface area (Å²) in [6, 6.07) is 11.1. The van der Waals surface area contributed by atoms with Gasteiger partial charge in [0.05, 0.1) is 20.3 Å². The van der Waals surface area contributed by atoms with Crippen molar-refractivity contribution < 1.29 is 4.79 Å². The van der Waals surface area contributed by atoms with Gasteiger partial charge in [-0.3, -0.25) is 10.1 Å². The fraction of sp³-hybridized carbons (Fsp3) is 0.125. The molecule has 7 heteroatoms. The highest BCUT2D eigenvalue weighted by atomic mass is 35.5. The maximum atomic E-state index is 12.5. The van der Waals surface area contributed by atoms with Crippen LogP contribution in [0.15, 0.2) is 41.3 Å². The molecule has 1 amide bonds. The average molecular weight is 383 g/mol. The molecule has 0 aliphatic carbocycles. The van der Waals surface area contributed by atoms with Crippen molar-refractivity contribution in [3.05, 3.63) is 52.0 Å². The van der Waals surface area contributed by atoms with Crippen LogP contribution in [0.5, 0.6) is 0 Å². The third kappa shape index (κ3) is 3.48. The maximum Gasteiger partial charge on any atom is 0.258 e. The van der Waals surface area contributed by atoms with Gasteiger partial charge in [-0.25, -0.2) is 4.98 Å². The second-order valence-electron chi connectivity index (χ2n) is 4.61. The molecule has 0 radical (unpaired) electrons. The van der Waals surface area contributed by atoms with Gasteiger partial charge in [-0.1, -0.05) is 53.6 Å². The summed E-state index contributed by atoms with van der Waals surface area (Å²) < 4.78 is 0.880. The van der Waals surface area contributed by atoms with Gasteiger partial charge in [0.1, 0.15) is 5.52 Å². The topological polar surface area (TPSA) is 42.0 Å². The van der Waals surface area contributed by atoms with Crippen LogP contribution in [-0.2, 0) is 0 Å². The van der Waals surface area contributed by atoms with Gasteiger partial charge in [0.25, 0.3) is 5.91 Å². The fourth-order valence-electron chi connectivity index (χ4n) is 2.09. The number of nitrogens with zero attached hydrogens (tertiary/aromatic N) is 1. The first-order chi connectivity index (χ1) is 11.1. The number of thioether (sulfide) groups is 1. The molecule has 0 fully saturated rings. The van der Waals surface area contributed by atoms with Crippen LogP contribution < -0.4 is 5.32 Å². The Morgan fingerprint density at radius 3 is 2.83 bits per heavy atom. The van der Waals surface area contributed by atoms with Gasteiger partial charge in [0, 0.05) is 4.90 Å². The molecule has 2 aromatic carbocycles. The number of carbonyl (C=O) groups is 1. The third-order valence-electron chi connectivity index (χ3n) is 3.10. The lowest BCUT2D eigenvalue weighted by molar-refractivity contribution is 0.102. The van der Waals surface area contributed by atoms with Gasteiger partial charge in [0.15, 0.2) is 5.13 Å². The minimum absolute atomic E-state index is 0.178. The number of anilines is 1. The van der Waals surface area contributed by atoms with Crippen molar-refractivity contribution in [2.45, 2.75) is 11.8 Å². The molecule has 3 rings (SSSR count). The molecule has 0 bridgehead atoms. The number of carbonyl (C=O) groups excluding carboxylic acids is 1. The number of aromatic nitrogens is 1. The Labute approximate surface area is 152 Å². The summed E-state index contributed by atoms with van der Waals surface area (Å²) in [6.07, 6.45) is 0. The lowest BCUT2D eigenvalue weighted by atomic mass is 10.2. The number of halogens is 2. The molecule has 0 saturated carbocycles. The zero-order chi connectivity index (χ0) is 16.4. The normalized spacial score (nSPS) is 10.9. The zero-order valence-electron chi connectivity index (χ0n) is 12.1. The molecule has 0 aliphatic heterocycles. The standard InChI is InChI=1S/C16H12Cl2N2OS2/c1-2-22-11-6-4-3-5-9(11)15(21)20-16-19-14-12(23-16)8-7-10(17)13(14)18/h3-8H,2H2,1H3,(H,19,20,21). The average Bonchev–Trinajstić information content (AvgIpc) is 2.95. The molecule has 1 aromatic heterocycles. The van der Waals surface area contributed by atoms with E-state index < -0.39 is 0 Å². The molecule has 1 N–H and O–H groups in total. The number of hydrogen-bond acceptors (Lipinski definition) is 4. The molecule has 3 nitrogen and oxygen atoms in total. The third-order valence-corrected chi connectivity index (χ3v) is 5.79. The van der Waals surface area contributed by atoms with Crippen molar-refractivity contribution in [1.29, 1.82) is 0 Å². The maximum absolute atomic E-state index is 12.5. The zero-order valence-corrected chi connectivity index (χ0v) is 15.2. The van der Waals surface area contributed by atoms with Crippen LogP contribution in [0.2, 0.25) is 10.0 Å². The van der Waals surface area contributed by atoms with Crippen molar-refractivity contribution in [3.8, 4) is 0 Å². The lowest BCUT2D eigenvalue weighted by Crippen LogP contribution is -2.12. The Morgan fingerprint density at radius 2 is 2.04 bits per heavy atom. The SMILES string of the molecule is CCSc1ccccc1C(=O)Nc1nc2c(Cl)c(Cl)ccc2s1. The van der Waals surface area contributed by atoms with E-state index >= 15 is 0 Å². The highest BCUT2D eigenvalue weighted by Crippen LogP contribution is 2.35. The molecule has 0 saturated heterocycles. The van der Waals surface area contributed by atoms with Crippen LogP contribution in [0, 0.1) is 0 Å². The van der Waals surface area contributed by atoms with Crippen molar-refractivity contribution in [1.82, 2.24) is 4.98 Å². The van der Waals surface area contributed by atoms with E-state index in [-0.39, 0.29) is 5.91 Å². The summed E-state index contributed by atoms with van der Waals surface area (Å²) in [7, 11) is 0. The Balaban J connectivity index is 1.90. The van der Waals surface area contributed by atoms with E-state index in [1.54, 1.807) is 17.8 Å². The van der Waals surface area contributed by atoms with E-state index in [1.165, 1.54) is 11.3 Å². The Bertz CT molecular complexity index is 880. The van der Waals surface area contributed by atoms with Crippen molar-refractivity contribution in [2.24, 2.45) is 0 Å². The van der Waals surface area contributed by atoms with Crippen molar-refractivity contribution >= 4 is 67.6 Å². The molecule has 0 aliphatic rings. The van der Waals surface area contributed by atoms with E-state index in [0.717, 1.165) is 15.3 Å². The largest absolute Gasteiger partial charge is 0.298 e. The number of fused-ring (bicyclic) bond motifs is 1. The summed E-state index contributed by atoms with van der Waals surface area (Å²) in [5.41, 5.74) is 1.25. The predicted molar refractivity (Wildman–Crippen MR) is 100 cm³/mol. The summed E-state index contributed by atoms with van der Waals surface area (Å²) >= 11 is 15.2. The van der Waals surface area contributed by atoms with E-state index in [2.05, 4.69) is 17.2 Å². The molecular formula is C16H12Cl2N2OS2. The molecule has 118 valence electrons. The van der Waals surface area contributed by atoms with Gasteiger partial charge in [-0.2, -0.15) is 0 Å². The van der Waals surface area contributed by atoms with Gasteiger partial charge < -0.3 is 0 Å². The molecule has 3 aromatic rings. The van der Waals surface area contributed by atoms with E-state index in [9.17, 15) is 4.79 Å². The van der Waals surface area contributed by atoms with E-state index in [1.807, 2.05) is 30.3 Å². The van der Waals surface area contributed by atoms with Crippen molar-refractivity contribution in [3.63, 3.8) is 0 Å². The van der Waals surface area contributed by atoms with E-state index in [4.69, 9.17) is 23.2 Å². The number of benzene rings is 2. The first-order valence-corrected chi connectivity index (χ1v) is 9.43. The van der Waals surface area contributed by atoms with E-state index in [0.29, 0.717) is 26.3 Å². The van der Waals surface area contributed by atoms with Crippen LogP contribution in [0.4, 0.5) is 5.13 Å². The lowest BCUT2D eigenvalue weighted by Gasteiger charge is -2.07. The first kappa shape index (κ1) is 16.6. The second-order valence-corrected chi connectivity index (χ2v) is 7.73. The molecule has 0 atom stereocenters. The molecular weight excluding hydrogens is 371 g/mol. The Hall–Kier alpha value is -1.27. The quantitative estimate of drug-likeness (QED) is 0.565. The van der Waals surface area contributed by atoms with Crippen LogP contribution in [0.3, 0.4) is 0 Å². The summed E-state index contributed by atoms with van der Waals surface area (Å²) in [4.78, 5) is 17.9. The smallest absolute Gasteiger partial charge is 0.258 e. The minimum Gasteiger partial charge on any atom is -0.298 e. The molecule has 23 heavy (non-hydrogen) atoms. The number of nitrogens with one attached hydrogen (secondary N) is 1. The van der Waals surface area contributed by atoms with Gasteiger partial charge in [-0.15, -0.1) is 11.8 Å². The van der Waals surface area contributed by atoms with Gasteiger partial charge >= 0.3 is 0 Å². The molecule has 1 heterocycles. The first-order valence-electron chi connectivity index (χ1n) is 6.88. The second kappa shape index (κ2) is 7.09. The summed E-state index contributed by atoms with van der Waals surface area (Å²) in [5.74, 6) is 0.724. The van der Waals surface area contributed by atoms with Crippen LogP contribution in [0.25, 0.3) is 10.2 Å². The van der Waals surface area contributed by atoms with Crippen molar-refractivity contribution in [2.75, 3.05) is 11.1 Å². The Morgan fingerprint density at radius 1 is 1.26 bits per heavy atom. The van der Waals surface area contributed by atoms with Crippen LogP contribution in [0.1, 0.15) is 17.3 Å². The molecule has 0 spiro atoms. The highest BCUT2D eigenvalue weighted by Gasteiger charge is 2.15. The predicted octanol–water partition coefficient (Wildman–Crippen LogP) is 5.97. The number of amides is 1. The van der Waals surface area contributed by atoms with Crippen LogP contribution >= 0.6 is 46.3 Å². The Kier molecular flexibility index (Phi) is 5.11. The number of hydrogen-bond donors (Lipinski definition) is 1. The summed E-state index contributed by atoms with van der Waals surface area (Å²) in [6.45, 7) is 2.05. The van der Waals surface area contributed by atoms with Gasteiger partial charge in [-0.05, 0) is 30.0 Å². The molecule has 0 unspecified atom stereocenters. The fourth-order valence-corrected chi connectivity index (χ4v) is 4.18. The monoisotopic (exact) mass is 382 g/mol. The van der Waals surface area contributed by atoms with Crippen LogP contribution in [-0.4, -0.2) is 16.6 Å². The number of thiazole rings is 1. The highest BCUT2D eigenvalue weighted by molar-refractivity contribution is 7.99. The van der Waals surface area contributed by atoms with Gasteiger partial charge in [0.2, 0.25) is 0 Å².